The van der Waals surface area contributed by atoms with Crippen molar-refractivity contribution < 1.29 is 14.6 Å². The van der Waals surface area contributed by atoms with Crippen LogP contribution >= 0.6 is 0 Å². The summed E-state index contributed by atoms with van der Waals surface area (Å²) in [6.45, 7) is 0.864. The lowest BCUT2D eigenvalue weighted by Gasteiger charge is -2.14. The zero-order chi connectivity index (χ0) is 12.0. The van der Waals surface area contributed by atoms with Gasteiger partial charge in [0.2, 0.25) is 0 Å². The van der Waals surface area contributed by atoms with Gasteiger partial charge >= 0.3 is 5.97 Å². The molecule has 88 valence electrons. The van der Waals surface area contributed by atoms with E-state index in [1.165, 1.54) is 0 Å². The van der Waals surface area contributed by atoms with E-state index in [1.54, 1.807) is 31.4 Å². The van der Waals surface area contributed by atoms with Crippen molar-refractivity contribution in [1.29, 1.82) is 0 Å². The summed E-state index contributed by atoms with van der Waals surface area (Å²) >= 11 is 0. The van der Waals surface area contributed by atoms with E-state index in [4.69, 9.17) is 15.6 Å². The summed E-state index contributed by atoms with van der Waals surface area (Å²) in [6, 6.07) is 6.18. The molecule has 1 aromatic carbocycles. The largest absolute Gasteiger partial charge is 0.497 e. The van der Waals surface area contributed by atoms with Crippen molar-refractivity contribution in [2.24, 2.45) is 5.73 Å². The van der Waals surface area contributed by atoms with E-state index in [-0.39, 0.29) is 0 Å². The van der Waals surface area contributed by atoms with Crippen LogP contribution in [0.4, 0.5) is 0 Å². The third-order valence-electron chi connectivity index (χ3n) is 2.19. The Hall–Kier alpha value is -1.59. The van der Waals surface area contributed by atoms with Crippen molar-refractivity contribution in [3.8, 4) is 5.75 Å². The number of nitrogens with two attached hydrogens (primary N) is 1. The second-order valence-corrected chi connectivity index (χ2v) is 3.29. The molecule has 0 aliphatic heterocycles. The summed E-state index contributed by atoms with van der Waals surface area (Å²) in [5.74, 6) is -0.217. The van der Waals surface area contributed by atoms with Crippen LogP contribution in [0.2, 0.25) is 0 Å². The van der Waals surface area contributed by atoms with Crippen molar-refractivity contribution in [2.45, 2.75) is 6.04 Å². The van der Waals surface area contributed by atoms with Crippen LogP contribution in [0.3, 0.4) is 0 Å². The van der Waals surface area contributed by atoms with Gasteiger partial charge in [0.15, 0.2) is 0 Å². The number of carbonyl (C=O) groups is 1. The van der Waals surface area contributed by atoms with Gasteiger partial charge in [-0.2, -0.15) is 0 Å². The van der Waals surface area contributed by atoms with Crippen molar-refractivity contribution in [3.05, 3.63) is 29.8 Å². The summed E-state index contributed by atoms with van der Waals surface area (Å²) in [6.07, 6.45) is 0. The van der Waals surface area contributed by atoms with Crippen molar-refractivity contribution in [2.75, 3.05) is 20.2 Å². The van der Waals surface area contributed by atoms with Crippen LogP contribution in [0.5, 0.6) is 5.75 Å². The molecular weight excluding hydrogens is 208 g/mol. The van der Waals surface area contributed by atoms with Crippen molar-refractivity contribution in [1.82, 2.24) is 5.32 Å². The minimum atomic E-state index is -0.918. The topological polar surface area (TPSA) is 84.6 Å². The van der Waals surface area contributed by atoms with E-state index >= 15 is 0 Å². The van der Waals surface area contributed by atoms with Gasteiger partial charge in [0.25, 0.3) is 0 Å². The highest BCUT2D eigenvalue weighted by Crippen LogP contribution is 2.17. The molecule has 0 aliphatic carbocycles. The highest BCUT2D eigenvalue weighted by atomic mass is 16.5. The first kappa shape index (κ1) is 12.5. The van der Waals surface area contributed by atoms with Crippen LogP contribution in [0, 0.1) is 0 Å². The number of aliphatic carboxylic acids is 1. The molecule has 0 bridgehead atoms. The fourth-order valence-corrected chi connectivity index (χ4v) is 1.37. The molecule has 1 rings (SSSR count). The van der Waals surface area contributed by atoms with Crippen LogP contribution in [0.1, 0.15) is 11.6 Å². The number of rotatable bonds is 6. The minimum Gasteiger partial charge on any atom is -0.497 e. The number of methoxy groups -OCH3 is 1. The molecule has 16 heavy (non-hydrogen) atoms. The molecule has 0 heterocycles. The Labute approximate surface area is 94.2 Å². The Balaban J connectivity index is 2.79. The van der Waals surface area contributed by atoms with Gasteiger partial charge in [0.05, 0.1) is 7.11 Å². The minimum absolute atomic E-state index is 0.403. The molecule has 0 aromatic heterocycles. The van der Waals surface area contributed by atoms with Gasteiger partial charge in [-0.3, -0.25) is 10.1 Å². The summed E-state index contributed by atoms with van der Waals surface area (Å²) in [5, 5.41) is 11.9. The molecule has 0 spiro atoms. The molecule has 0 saturated heterocycles. The molecule has 1 unspecified atom stereocenters. The Bertz CT molecular complexity index is 338. The zero-order valence-electron chi connectivity index (χ0n) is 9.14. The molecular formula is C11H16N2O3. The number of nitrogens with one attached hydrogen (secondary N) is 1. The van der Waals surface area contributed by atoms with E-state index in [9.17, 15) is 4.79 Å². The molecule has 0 aliphatic rings. The number of hydrogen-bond donors (Lipinski definition) is 3. The first-order valence-corrected chi connectivity index (χ1v) is 4.99. The van der Waals surface area contributed by atoms with Gasteiger partial charge in [-0.05, 0) is 17.7 Å². The molecule has 0 fully saturated rings. The number of benzene rings is 1. The molecule has 5 nitrogen and oxygen atoms in total. The summed E-state index contributed by atoms with van der Waals surface area (Å²) in [4.78, 5) is 11.0. The van der Waals surface area contributed by atoms with Gasteiger partial charge in [-0.1, -0.05) is 12.1 Å². The predicted molar refractivity (Wildman–Crippen MR) is 60.4 cm³/mol. The van der Waals surface area contributed by atoms with Crippen LogP contribution in [0.25, 0.3) is 0 Å². The van der Waals surface area contributed by atoms with Crippen LogP contribution in [-0.2, 0) is 4.79 Å². The molecule has 0 radical (unpaired) electrons. The molecule has 4 N–H and O–H groups in total. The average molecular weight is 224 g/mol. The van der Waals surface area contributed by atoms with Crippen LogP contribution in [-0.4, -0.2) is 31.3 Å². The smallest absolute Gasteiger partial charge is 0.325 e. The third-order valence-corrected chi connectivity index (χ3v) is 2.19. The lowest BCUT2D eigenvalue weighted by atomic mass is 10.1. The SMILES string of the molecule is COc1ccc(C(NCCN)C(=O)O)cc1. The average Bonchev–Trinajstić information content (AvgIpc) is 2.30. The number of hydrogen-bond acceptors (Lipinski definition) is 4. The lowest BCUT2D eigenvalue weighted by Crippen LogP contribution is -2.32. The monoisotopic (exact) mass is 224 g/mol. The Morgan fingerprint density at radius 1 is 1.50 bits per heavy atom. The summed E-state index contributed by atoms with van der Waals surface area (Å²) < 4.78 is 5.00. The quantitative estimate of drug-likeness (QED) is 0.650. The van der Waals surface area contributed by atoms with E-state index in [0.29, 0.717) is 24.4 Å². The van der Waals surface area contributed by atoms with Gasteiger partial charge in [0.1, 0.15) is 11.8 Å². The van der Waals surface area contributed by atoms with E-state index in [1.807, 2.05) is 0 Å². The van der Waals surface area contributed by atoms with E-state index in [0.717, 1.165) is 0 Å². The molecule has 1 aromatic rings. The summed E-state index contributed by atoms with van der Waals surface area (Å²) in [7, 11) is 1.57. The maximum atomic E-state index is 11.0. The second-order valence-electron chi connectivity index (χ2n) is 3.29. The lowest BCUT2D eigenvalue weighted by molar-refractivity contribution is -0.139. The fourth-order valence-electron chi connectivity index (χ4n) is 1.37. The molecule has 1 atom stereocenters. The normalized spacial score (nSPS) is 12.1. The maximum Gasteiger partial charge on any atom is 0.325 e. The van der Waals surface area contributed by atoms with Crippen molar-refractivity contribution in [3.63, 3.8) is 0 Å². The summed E-state index contributed by atoms with van der Waals surface area (Å²) in [5.41, 5.74) is 6.01. The Morgan fingerprint density at radius 3 is 2.56 bits per heavy atom. The molecule has 5 heteroatoms. The number of carboxylic acids is 1. The van der Waals surface area contributed by atoms with E-state index < -0.39 is 12.0 Å². The van der Waals surface area contributed by atoms with Gasteiger partial charge in [-0.15, -0.1) is 0 Å². The molecule has 0 saturated carbocycles. The second kappa shape index (κ2) is 6.09. The maximum absolute atomic E-state index is 11.0. The predicted octanol–water partition coefficient (Wildman–Crippen LogP) is 0.369. The van der Waals surface area contributed by atoms with Gasteiger partial charge in [-0.25, -0.2) is 0 Å². The standard InChI is InChI=1S/C11H16N2O3/c1-16-9-4-2-8(3-5-9)10(11(14)15)13-7-6-12/h2-5,10,13H,6-7,12H2,1H3,(H,14,15). The number of ether oxygens (including phenoxy) is 1. The first-order valence-electron chi connectivity index (χ1n) is 4.99. The van der Waals surface area contributed by atoms with Gasteiger partial charge < -0.3 is 15.6 Å². The zero-order valence-corrected chi connectivity index (χ0v) is 9.14. The highest BCUT2D eigenvalue weighted by molar-refractivity contribution is 5.75. The number of carboxylic acid groups (broad SMARTS) is 1. The third kappa shape index (κ3) is 3.22. The Kier molecular flexibility index (Phi) is 4.75. The van der Waals surface area contributed by atoms with Crippen LogP contribution < -0.4 is 15.8 Å². The first-order chi connectivity index (χ1) is 7.69. The molecule has 0 amide bonds. The fraction of sp³-hybridized carbons (Fsp3) is 0.364. The van der Waals surface area contributed by atoms with Gasteiger partial charge in [0, 0.05) is 13.1 Å². The highest BCUT2D eigenvalue weighted by Gasteiger charge is 2.18. The van der Waals surface area contributed by atoms with Crippen LogP contribution in [0.15, 0.2) is 24.3 Å². The van der Waals surface area contributed by atoms with E-state index in [2.05, 4.69) is 5.32 Å². The Morgan fingerprint density at radius 2 is 2.12 bits per heavy atom. The van der Waals surface area contributed by atoms with Crippen molar-refractivity contribution >= 4 is 5.97 Å².